The van der Waals surface area contributed by atoms with Gasteiger partial charge in [0, 0.05) is 19.0 Å². The van der Waals surface area contributed by atoms with E-state index in [1.54, 1.807) is 23.3 Å². The minimum Gasteiger partial charge on any atom is -0.459 e. The van der Waals surface area contributed by atoms with E-state index < -0.39 is 5.60 Å². The average molecular weight is 319 g/mol. The maximum absolute atomic E-state index is 12.2. The van der Waals surface area contributed by atoms with E-state index in [9.17, 15) is 4.79 Å². The number of hydrogen-bond acceptors (Lipinski definition) is 6. The van der Waals surface area contributed by atoms with Crippen molar-refractivity contribution in [2.75, 3.05) is 13.1 Å². The lowest BCUT2D eigenvalue weighted by Crippen LogP contribution is -2.42. The van der Waals surface area contributed by atoms with Gasteiger partial charge in [-0.05, 0) is 45.7 Å². The largest absolute Gasteiger partial charge is 0.459 e. The van der Waals surface area contributed by atoms with Crippen molar-refractivity contribution in [2.45, 2.75) is 45.1 Å². The van der Waals surface area contributed by atoms with Crippen molar-refractivity contribution < 1.29 is 18.5 Å². The number of hydrogen-bond donors (Lipinski definition) is 0. The normalized spacial score (nSPS) is 18.9. The van der Waals surface area contributed by atoms with Crippen molar-refractivity contribution in [1.82, 2.24) is 15.0 Å². The molecule has 1 amide bonds. The van der Waals surface area contributed by atoms with Crippen LogP contribution in [0.15, 0.2) is 27.3 Å². The Kier molecular flexibility index (Phi) is 4.11. The number of ether oxygens (including phenoxy) is 1. The van der Waals surface area contributed by atoms with Crippen molar-refractivity contribution in [2.24, 2.45) is 0 Å². The van der Waals surface area contributed by atoms with Gasteiger partial charge < -0.3 is 18.6 Å². The fourth-order valence-corrected chi connectivity index (χ4v) is 2.58. The third-order valence-electron chi connectivity index (χ3n) is 3.61. The minimum absolute atomic E-state index is 0.0451. The maximum Gasteiger partial charge on any atom is 0.410 e. The second kappa shape index (κ2) is 6.06. The van der Waals surface area contributed by atoms with Crippen LogP contribution in [0.3, 0.4) is 0 Å². The third-order valence-corrected chi connectivity index (χ3v) is 3.61. The quantitative estimate of drug-likeness (QED) is 0.843. The molecule has 0 spiro atoms. The van der Waals surface area contributed by atoms with Crippen molar-refractivity contribution >= 4 is 6.09 Å². The van der Waals surface area contributed by atoms with E-state index in [2.05, 4.69) is 10.1 Å². The van der Waals surface area contributed by atoms with Crippen LogP contribution in [0, 0.1) is 0 Å². The van der Waals surface area contributed by atoms with E-state index in [1.165, 1.54) is 0 Å². The first-order valence-electron chi connectivity index (χ1n) is 7.78. The van der Waals surface area contributed by atoms with E-state index in [0.717, 1.165) is 12.8 Å². The van der Waals surface area contributed by atoms with Crippen LogP contribution in [0.4, 0.5) is 4.79 Å². The summed E-state index contributed by atoms with van der Waals surface area (Å²) in [4.78, 5) is 18.3. The second-order valence-corrected chi connectivity index (χ2v) is 6.70. The van der Waals surface area contributed by atoms with Crippen LogP contribution in [-0.4, -0.2) is 39.8 Å². The summed E-state index contributed by atoms with van der Waals surface area (Å²) in [7, 11) is 0. The van der Waals surface area contributed by atoms with E-state index in [0.29, 0.717) is 30.6 Å². The second-order valence-electron chi connectivity index (χ2n) is 6.70. The molecule has 0 radical (unpaired) electrons. The molecule has 7 heteroatoms. The molecule has 1 atom stereocenters. The molecule has 0 N–H and O–H groups in total. The molecule has 0 saturated carbocycles. The van der Waals surface area contributed by atoms with Gasteiger partial charge in [0.15, 0.2) is 11.6 Å². The number of carbonyl (C=O) groups excluding carboxylic acids is 1. The van der Waals surface area contributed by atoms with Crippen molar-refractivity contribution in [3.63, 3.8) is 0 Å². The molecule has 1 fully saturated rings. The molecule has 124 valence electrons. The number of aromatic nitrogens is 2. The SMILES string of the molecule is CC(C)(C)OC(=O)N1CCCC(c2noc(-c3ccco3)n2)C1. The Bertz CT molecular complexity index is 657. The van der Waals surface area contributed by atoms with Gasteiger partial charge in [-0.15, -0.1) is 0 Å². The molecule has 3 heterocycles. The number of carbonyl (C=O) groups is 1. The fraction of sp³-hybridized carbons (Fsp3) is 0.562. The first-order valence-corrected chi connectivity index (χ1v) is 7.78. The van der Waals surface area contributed by atoms with Gasteiger partial charge in [-0.1, -0.05) is 5.16 Å². The number of furan rings is 1. The van der Waals surface area contributed by atoms with Crippen LogP contribution in [0.1, 0.15) is 45.4 Å². The summed E-state index contributed by atoms with van der Waals surface area (Å²) in [5.41, 5.74) is -0.497. The van der Waals surface area contributed by atoms with Crippen LogP contribution < -0.4 is 0 Å². The highest BCUT2D eigenvalue weighted by Crippen LogP contribution is 2.28. The average Bonchev–Trinajstić information content (AvgIpc) is 3.17. The lowest BCUT2D eigenvalue weighted by molar-refractivity contribution is 0.0195. The van der Waals surface area contributed by atoms with Gasteiger partial charge in [0.05, 0.1) is 6.26 Å². The van der Waals surface area contributed by atoms with Gasteiger partial charge in [-0.25, -0.2) is 4.79 Å². The predicted molar refractivity (Wildman–Crippen MR) is 81.8 cm³/mol. The number of amides is 1. The Morgan fingerprint density at radius 1 is 1.43 bits per heavy atom. The molecule has 0 aromatic carbocycles. The number of nitrogens with zero attached hydrogens (tertiary/aromatic N) is 3. The Labute approximate surface area is 134 Å². The molecule has 23 heavy (non-hydrogen) atoms. The molecule has 2 aromatic rings. The van der Waals surface area contributed by atoms with Crippen LogP contribution in [0.25, 0.3) is 11.7 Å². The highest BCUT2D eigenvalue weighted by molar-refractivity contribution is 5.68. The van der Waals surface area contributed by atoms with E-state index in [4.69, 9.17) is 13.7 Å². The van der Waals surface area contributed by atoms with Gasteiger partial charge in [-0.2, -0.15) is 4.98 Å². The Morgan fingerprint density at radius 3 is 2.96 bits per heavy atom. The first-order chi connectivity index (χ1) is 10.9. The van der Waals surface area contributed by atoms with Crippen LogP contribution >= 0.6 is 0 Å². The molecular weight excluding hydrogens is 298 g/mol. The summed E-state index contributed by atoms with van der Waals surface area (Å²) in [6.07, 6.45) is 3.06. The Balaban J connectivity index is 1.68. The standard InChI is InChI=1S/C16H21N3O4/c1-16(2,3)22-15(20)19-8-4-6-11(10-19)13-17-14(23-18-13)12-7-5-9-21-12/h5,7,9,11H,4,6,8,10H2,1-3H3. The highest BCUT2D eigenvalue weighted by Gasteiger charge is 2.30. The van der Waals surface area contributed by atoms with E-state index >= 15 is 0 Å². The lowest BCUT2D eigenvalue weighted by atomic mass is 9.98. The topological polar surface area (TPSA) is 81.6 Å². The summed E-state index contributed by atoms with van der Waals surface area (Å²) >= 11 is 0. The molecule has 2 aromatic heterocycles. The molecular formula is C16H21N3O4. The molecule has 3 rings (SSSR count). The maximum atomic E-state index is 12.2. The summed E-state index contributed by atoms with van der Waals surface area (Å²) < 4.78 is 15.9. The number of likely N-dealkylation sites (tertiary alicyclic amines) is 1. The monoisotopic (exact) mass is 319 g/mol. The zero-order chi connectivity index (χ0) is 16.4. The molecule has 0 aliphatic carbocycles. The van der Waals surface area contributed by atoms with Gasteiger partial charge in [0.25, 0.3) is 5.89 Å². The number of piperidine rings is 1. The molecule has 0 bridgehead atoms. The van der Waals surface area contributed by atoms with Crippen molar-refractivity contribution in [1.29, 1.82) is 0 Å². The Morgan fingerprint density at radius 2 is 2.26 bits per heavy atom. The van der Waals surface area contributed by atoms with Gasteiger partial charge >= 0.3 is 6.09 Å². The fourth-order valence-electron chi connectivity index (χ4n) is 2.58. The first kappa shape index (κ1) is 15.6. The van der Waals surface area contributed by atoms with E-state index in [-0.39, 0.29) is 12.0 Å². The van der Waals surface area contributed by atoms with Crippen molar-refractivity contribution in [3.05, 3.63) is 24.2 Å². The summed E-state index contributed by atoms with van der Waals surface area (Å²) in [5, 5.41) is 4.04. The predicted octanol–water partition coefficient (Wildman–Crippen LogP) is 3.44. The lowest BCUT2D eigenvalue weighted by Gasteiger charge is -2.32. The molecule has 1 aliphatic heterocycles. The minimum atomic E-state index is -0.497. The number of rotatable bonds is 2. The molecule has 1 saturated heterocycles. The van der Waals surface area contributed by atoms with Gasteiger partial charge in [0.1, 0.15) is 5.60 Å². The molecule has 7 nitrogen and oxygen atoms in total. The summed E-state index contributed by atoms with van der Waals surface area (Å²) in [5.74, 6) is 1.55. The smallest absolute Gasteiger partial charge is 0.410 e. The zero-order valence-corrected chi connectivity index (χ0v) is 13.6. The molecule has 1 aliphatic rings. The van der Waals surface area contributed by atoms with E-state index in [1.807, 2.05) is 20.8 Å². The Hall–Kier alpha value is -2.31. The van der Waals surface area contributed by atoms with Crippen LogP contribution in [-0.2, 0) is 4.74 Å². The highest BCUT2D eigenvalue weighted by atomic mass is 16.6. The summed E-state index contributed by atoms with van der Waals surface area (Å²) in [6.45, 7) is 6.81. The van der Waals surface area contributed by atoms with Crippen molar-refractivity contribution in [3.8, 4) is 11.7 Å². The van der Waals surface area contributed by atoms with Crippen LogP contribution in [0.5, 0.6) is 0 Å². The molecule has 1 unspecified atom stereocenters. The van der Waals surface area contributed by atoms with Gasteiger partial charge in [0.2, 0.25) is 0 Å². The third kappa shape index (κ3) is 3.72. The van der Waals surface area contributed by atoms with Gasteiger partial charge in [-0.3, -0.25) is 0 Å². The zero-order valence-electron chi connectivity index (χ0n) is 13.6. The van der Waals surface area contributed by atoms with Crippen LogP contribution in [0.2, 0.25) is 0 Å². The summed E-state index contributed by atoms with van der Waals surface area (Å²) in [6, 6.07) is 3.54.